The van der Waals surface area contributed by atoms with Crippen molar-refractivity contribution in [2.45, 2.75) is 56.8 Å². The Balaban J connectivity index is 1.41. The standard InChI is InChI=1S/C22H29NO5/c24-20(15-3-5-16(6-4-15)21(25)26)23-14-22(9-1-2-10-22)17-7-8-18-19(13-17)28-12-11-27-18/h7-8,13,15-16H,1-6,9-12,14H2,(H,23,24)(H,25,26). The lowest BCUT2D eigenvalue weighted by atomic mass is 9.78. The molecule has 28 heavy (non-hydrogen) atoms. The van der Waals surface area contributed by atoms with Crippen molar-refractivity contribution in [1.29, 1.82) is 0 Å². The Kier molecular flexibility index (Phi) is 5.47. The number of hydrogen-bond acceptors (Lipinski definition) is 4. The predicted molar refractivity (Wildman–Crippen MR) is 104 cm³/mol. The molecule has 1 aliphatic heterocycles. The van der Waals surface area contributed by atoms with Gasteiger partial charge in [-0.3, -0.25) is 9.59 Å². The van der Waals surface area contributed by atoms with Crippen LogP contribution >= 0.6 is 0 Å². The van der Waals surface area contributed by atoms with Gasteiger partial charge in [0.15, 0.2) is 11.5 Å². The summed E-state index contributed by atoms with van der Waals surface area (Å²) in [6.45, 7) is 1.78. The SMILES string of the molecule is O=C(O)C1CCC(C(=O)NCC2(c3ccc4c(c3)OCCO4)CCCC2)CC1. The molecule has 2 saturated carbocycles. The highest BCUT2D eigenvalue weighted by molar-refractivity contribution is 5.79. The highest BCUT2D eigenvalue weighted by atomic mass is 16.6. The van der Waals surface area contributed by atoms with Crippen LogP contribution in [0, 0.1) is 11.8 Å². The molecule has 4 rings (SSSR count). The van der Waals surface area contributed by atoms with Crippen molar-refractivity contribution in [2.75, 3.05) is 19.8 Å². The van der Waals surface area contributed by atoms with E-state index in [0.717, 1.165) is 37.2 Å². The van der Waals surface area contributed by atoms with Gasteiger partial charge in [-0.25, -0.2) is 0 Å². The maximum Gasteiger partial charge on any atom is 0.306 e. The van der Waals surface area contributed by atoms with Crippen LogP contribution < -0.4 is 14.8 Å². The van der Waals surface area contributed by atoms with E-state index in [-0.39, 0.29) is 23.2 Å². The van der Waals surface area contributed by atoms with Crippen LogP contribution in [-0.4, -0.2) is 36.7 Å². The summed E-state index contributed by atoms with van der Waals surface area (Å²) in [5, 5.41) is 12.3. The number of benzene rings is 1. The number of fused-ring (bicyclic) bond motifs is 1. The number of amides is 1. The minimum atomic E-state index is -0.734. The summed E-state index contributed by atoms with van der Waals surface area (Å²) in [6, 6.07) is 6.19. The number of carbonyl (C=O) groups is 2. The molecular weight excluding hydrogens is 358 g/mol. The summed E-state index contributed by atoms with van der Waals surface area (Å²) in [4.78, 5) is 23.8. The number of hydrogen-bond donors (Lipinski definition) is 2. The van der Waals surface area contributed by atoms with Gasteiger partial charge in [-0.05, 0) is 56.2 Å². The molecule has 6 heteroatoms. The molecule has 0 spiro atoms. The molecule has 1 heterocycles. The van der Waals surface area contributed by atoms with Gasteiger partial charge < -0.3 is 19.9 Å². The van der Waals surface area contributed by atoms with Gasteiger partial charge in [-0.1, -0.05) is 18.9 Å². The number of aliphatic carboxylic acids is 1. The zero-order chi connectivity index (χ0) is 19.6. The van der Waals surface area contributed by atoms with Gasteiger partial charge in [0.1, 0.15) is 13.2 Å². The number of ether oxygens (including phenoxy) is 2. The van der Waals surface area contributed by atoms with E-state index in [1.54, 1.807) is 0 Å². The molecule has 0 unspecified atom stereocenters. The molecule has 1 aromatic rings. The van der Waals surface area contributed by atoms with Crippen molar-refractivity contribution < 1.29 is 24.2 Å². The van der Waals surface area contributed by atoms with Crippen LogP contribution in [-0.2, 0) is 15.0 Å². The van der Waals surface area contributed by atoms with Crippen LogP contribution in [0.5, 0.6) is 11.5 Å². The summed E-state index contributed by atoms with van der Waals surface area (Å²) >= 11 is 0. The predicted octanol–water partition coefficient (Wildman–Crippen LogP) is 3.28. The van der Waals surface area contributed by atoms with Crippen LogP contribution in [0.1, 0.15) is 56.9 Å². The van der Waals surface area contributed by atoms with Gasteiger partial charge in [0.25, 0.3) is 0 Å². The second-order valence-corrected chi connectivity index (χ2v) is 8.45. The number of carboxylic acids is 1. The second kappa shape index (κ2) is 8.02. The molecule has 152 valence electrons. The Morgan fingerprint density at radius 3 is 2.32 bits per heavy atom. The van der Waals surface area contributed by atoms with Crippen molar-refractivity contribution in [1.82, 2.24) is 5.32 Å². The molecule has 0 atom stereocenters. The van der Waals surface area contributed by atoms with Crippen molar-refractivity contribution >= 4 is 11.9 Å². The van der Waals surface area contributed by atoms with Crippen molar-refractivity contribution in [2.24, 2.45) is 11.8 Å². The van der Waals surface area contributed by atoms with Crippen LogP contribution in [0.4, 0.5) is 0 Å². The lowest BCUT2D eigenvalue weighted by molar-refractivity contribution is -0.144. The van der Waals surface area contributed by atoms with Gasteiger partial charge >= 0.3 is 5.97 Å². The molecular formula is C22H29NO5. The first kappa shape index (κ1) is 19.1. The van der Waals surface area contributed by atoms with Crippen molar-refractivity contribution in [3.63, 3.8) is 0 Å². The van der Waals surface area contributed by atoms with Gasteiger partial charge in [-0.2, -0.15) is 0 Å². The molecule has 2 fully saturated rings. The molecule has 0 saturated heterocycles. The Hall–Kier alpha value is -2.24. The normalized spacial score (nSPS) is 25.9. The highest BCUT2D eigenvalue weighted by Crippen LogP contribution is 2.44. The lowest BCUT2D eigenvalue weighted by Crippen LogP contribution is -2.42. The quantitative estimate of drug-likeness (QED) is 0.810. The third-order valence-electron chi connectivity index (χ3n) is 6.76. The van der Waals surface area contributed by atoms with E-state index in [4.69, 9.17) is 14.6 Å². The average molecular weight is 387 g/mol. The zero-order valence-electron chi connectivity index (χ0n) is 16.2. The Morgan fingerprint density at radius 2 is 1.64 bits per heavy atom. The van der Waals surface area contributed by atoms with E-state index < -0.39 is 5.97 Å². The maximum absolute atomic E-state index is 12.7. The number of rotatable bonds is 5. The molecule has 0 aromatic heterocycles. The van der Waals surface area contributed by atoms with Crippen LogP contribution in [0.3, 0.4) is 0 Å². The largest absolute Gasteiger partial charge is 0.486 e. The lowest BCUT2D eigenvalue weighted by Gasteiger charge is -2.32. The Morgan fingerprint density at radius 1 is 1.00 bits per heavy atom. The summed E-state index contributed by atoms with van der Waals surface area (Å²) in [7, 11) is 0. The molecule has 1 aromatic carbocycles. The summed E-state index contributed by atoms with van der Waals surface area (Å²) < 4.78 is 11.4. The van der Waals surface area contributed by atoms with E-state index in [9.17, 15) is 9.59 Å². The molecule has 1 amide bonds. The molecule has 6 nitrogen and oxygen atoms in total. The topological polar surface area (TPSA) is 84.9 Å². The second-order valence-electron chi connectivity index (χ2n) is 8.45. The van der Waals surface area contributed by atoms with Crippen LogP contribution in [0.25, 0.3) is 0 Å². The van der Waals surface area contributed by atoms with E-state index in [1.807, 2.05) is 6.07 Å². The minimum Gasteiger partial charge on any atom is -0.486 e. The molecule has 0 radical (unpaired) electrons. The van der Waals surface area contributed by atoms with E-state index in [2.05, 4.69) is 17.4 Å². The van der Waals surface area contributed by atoms with Crippen molar-refractivity contribution in [3.05, 3.63) is 23.8 Å². The van der Waals surface area contributed by atoms with E-state index in [0.29, 0.717) is 45.4 Å². The van der Waals surface area contributed by atoms with Crippen LogP contribution in [0.15, 0.2) is 18.2 Å². The highest BCUT2D eigenvalue weighted by Gasteiger charge is 2.38. The first-order chi connectivity index (χ1) is 13.6. The third-order valence-corrected chi connectivity index (χ3v) is 6.76. The summed E-state index contributed by atoms with van der Waals surface area (Å²) in [6.07, 6.45) is 6.96. The van der Waals surface area contributed by atoms with Gasteiger partial charge in [-0.15, -0.1) is 0 Å². The third kappa shape index (κ3) is 3.82. The fraction of sp³-hybridized carbons (Fsp3) is 0.636. The van der Waals surface area contributed by atoms with Gasteiger partial charge in [0, 0.05) is 17.9 Å². The van der Waals surface area contributed by atoms with E-state index in [1.165, 1.54) is 5.56 Å². The van der Waals surface area contributed by atoms with Crippen LogP contribution in [0.2, 0.25) is 0 Å². The Bertz CT molecular complexity index is 732. The number of nitrogens with one attached hydrogen (secondary N) is 1. The molecule has 2 N–H and O–H groups in total. The fourth-order valence-corrected chi connectivity index (χ4v) is 5.00. The zero-order valence-corrected chi connectivity index (χ0v) is 16.2. The molecule has 2 aliphatic carbocycles. The minimum absolute atomic E-state index is 0.0518. The smallest absolute Gasteiger partial charge is 0.306 e. The first-order valence-electron chi connectivity index (χ1n) is 10.5. The number of carboxylic acid groups (broad SMARTS) is 1. The molecule has 0 bridgehead atoms. The number of carbonyl (C=O) groups excluding carboxylic acids is 1. The average Bonchev–Trinajstić information content (AvgIpc) is 3.22. The molecule has 3 aliphatic rings. The first-order valence-corrected chi connectivity index (χ1v) is 10.5. The van der Waals surface area contributed by atoms with Gasteiger partial charge in [0.05, 0.1) is 5.92 Å². The maximum atomic E-state index is 12.7. The Labute approximate surface area is 165 Å². The van der Waals surface area contributed by atoms with E-state index >= 15 is 0 Å². The van der Waals surface area contributed by atoms with Crippen molar-refractivity contribution in [3.8, 4) is 11.5 Å². The summed E-state index contributed by atoms with van der Waals surface area (Å²) in [5.41, 5.74) is 1.16. The van der Waals surface area contributed by atoms with Gasteiger partial charge in [0.2, 0.25) is 5.91 Å². The monoisotopic (exact) mass is 387 g/mol. The summed E-state index contributed by atoms with van der Waals surface area (Å²) in [5.74, 6) is 0.586. The fourth-order valence-electron chi connectivity index (χ4n) is 5.00.